The van der Waals surface area contributed by atoms with Gasteiger partial charge in [-0.15, -0.1) is 0 Å². The normalized spacial score (nSPS) is 26.8. The van der Waals surface area contributed by atoms with E-state index in [0.29, 0.717) is 22.1 Å². The van der Waals surface area contributed by atoms with E-state index < -0.39 is 17.3 Å². The van der Waals surface area contributed by atoms with Crippen LogP contribution in [0.2, 0.25) is 0 Å². The Balaban J connectivity index is 2.07. The largest absolute Gasteiger partial charge is 0.420 e. The molecule has 0 aliphatic heterocycles. The predicted octanol–water partition coefficient (Wildman–Crippen LogP) is 3.59. The topological polar surface area (TPSA) is 37.5 Å². The summed E-state index contributed by atoms with van der Waals surface area (Å²) < 4.78 is 41.0. The molecule has 7 heteroatoms. The molecule has 2 aromatic rings. The number of alkyl halides is 3. The van der Waals surface area contributed by atoms with Crippen LogP contribution in [0.15, 0.2) is 18.5 Å². The molecule has 0 amide bonds. The Morgan fingerprint density at radius 3 is 2.60 bits per heavy atom. The summed E-state index contributed by atoms with van der Waals surface area (Å²) in [7, 11) is 0. The lowest BCUT2D eigenvalue weighted by molar-refractivity contribution is -0.136. The summed E-state index contributed by atoms with van der Waals surface area (Å²) in [5.74, 6) is 0.0312. The third-order valence-corrected chi connectivity index (χ3v) is 4.22. The van der Waals surface area contributed by atoms with Crippen molar-refractivity contribution in [2.24, 2.45) is 0 Å². The number of nitrogens with zero attached hydrogens (tertiary/aromatic N) is 2. The average Bonchev–Trinajstić information content (AvgIpc) is 2.66. The van der Waals surface area contributed by atoms with Crippen molar-refractivity contribution in [3.8, 4) is 0 Å². The Hall–Kier alpha value is -0.830. The Bertz CT molecular complexity index is 670. The van der Waals surface area contributed by atoms with Gasteiger partial charge in [-0.05, 0) is 48.4 Å². The molecule has 2 heterocycles. The fourth-order valence-corrected chi connectivity index (χ4v) is 3.31. The lowest BCUT2D eigenvalue weighted by atomic mass is 9.71. The predicted molar refractivity (Wildman–Crippen MR) is 75.5 cm³/mol. The summed E-state index contributed by atoms with van der Waals surface area (Å²) in [6.07, 6.45) is -0.0914. The van der Waals surface area contributed by atoms with E-state index in [9.17, 15) is 18.3 Å². The third-order valence-electron chi connectivity index (χ3n) is 3.63. The van der Waals surface area contributed by atoms with E-state index in [1.54, 1.807) is 19.3 Å². The quantitative estimate of drug-likeness (QED) is 0.749. The van der Waals surface area contributed by atoms with Gasteiger partial charge in [0, 0.05) is 21.9 Å². The molecule has 0 bridgehead atoms. The summed E-state index contributed by atoms with van der Waals surface area (Å²) in [6, 6.07) is 1.10. The van der Waals surface area contributed by atoms with Crippen molar-refractivity contribution in [2.75, 3.05) is 0 Å². The standard InChI is InChI=1S/C13H12F3IN2O/c1-12(20)3-7(4-12)10-6-19-5-8(17)2-9(11(19)18-10)13(14,15)16/h2,5-7,20H,3-4H2,1H3. The fourth-order valence-electron chi connectivity index (χ4n) is 2.70. The molecule has 108 valence electrons. The highest BCUT2D eigenvalue weighted by molar-refractivity contribution is 14.1. The lowest BCUT2D eigenvalue weighted by Gasteiger charge is -2.39. The highest BCUT2D eigenvalue weighted by Gasteiger charge is 2.41. The molecule has 2 aromatic heterocycles. The van der Waals surface area contributed by atoms with E-state index in [1.807, 2.05) is 22.6 Å². The molecule has 0 unspecified atom stereocenters. The molecule has 3 nitrogen and oxygen atoms in total. The summed E-state index contributed by atoms with van der Waals surface area (Å²) in [6.45, 7) is 1.73. The van der Waals surface area contributed by atoms with Gasteiger partial charge in [-0.1, -0.05) is 0 Å². The zero-order valence-electron chi connectivity index (χ0n) is 10.6. The number of pyridine rings is 1. The maximum atomic E-state index is 13.0. The molecule has 1 N–H and O–H groups in total. The first kappa shape index (κ1) is 14.1. The third kappa shape index (κ3) is 2.41. The number of hydrogen-bond donors (Lipinski definition) is 1. The molecular formula is C13H12F3IN2O. The van der Waals surface area contributed by atoms with Gasteiger partial charge in [-0.2, -0.15) is 13.2 Å². The molecule has 1 saturated carbocycles. The van der Waals surface area contributed by atoms with Crippen LogP contribution in [0.4, 0.5) is 13.2 Å². The fraction of sp³-hybridized carbons (Fsp3) is 0.462. The first-order chi connectivity index (χ1) is 9.16. The van der Waals surface area contributed by atoms with Crippen molar-refractivity contribution in [3.63, 3.8) is 0 Å². The average molecular weight is 396 g/mol. The molecule has 20 heavy (non-hydrogen) atoms. The number of aromatic nitrogens is 2. The SMILES string of the molecule is CC1(O)CC(c2cn3cc(I)cc(C(F)(F)F)c3n2)C1. The van der Waals surface area contributed by atoms with E-state index in [0.717, 1.165) is 6.07 Å². The van der Waals surface area contributed by atoms with Crippen LogP contribution in [-0.2, 0) is 6.18 Å². The second kappa shape index (κ2) is 4.33. The van der Waals surface area contributed by atoms with Crippen LogP contribution in [0.3, 0.4) is 0 Å². The lowest BCUT2D eigenvalue weighted by Crippen LogP contribution is -2.39. The van der Waals surface area contributed by atoms with E-state index in [-0.39, 0.29) is 11.6 Å². The maximum absolute atomic E-state index is 13.0. The first-order valence-electron chi connectivity index (χ1n) is 6.13. The molecule has 1 fully saturated rings. The first-order valence-corrected chi connectivity index (χ1v) is 7.21. The number of fused-ring (bicyclic) bond motifs is 1. The van der Waals surface area contributed by atoms with Gasteiger partial charge in [0.15, 0.2) is 0 Å². The van der Waals surface area contributed by atoms with Crippen molar-refractivity contribution in [3.05, 3.63) is 33.3 Å². The number of hydrogen-bond acceptors (Lipinski definition) is 2. The van der Waals surface area contributed by atoms with Crippen LogP contribution in [0.1, 0.15) is 36.9 Å². The monoisotopic (exact) mass is 396 g/mol. The molecule has 0 atom stereocenters. The van der Waals surface area contributed by atoms with Crippen LogP contribution in [-0.4, -0.2) is 20.1 Å². The minimum Gasteiger partial charge on any atom is -0.390 e. The molecule has 1 aliphatic rings. The van der Waals surface area contributed by atoms with Gasteiger partial charge in [0.05, 0.1) is 16.9 Å². The zero-order chi connectivity index (χ0) is 14.7. The molecule has 0 radical (unpaired) electrons. The van der Waals surface area contributed by atoms with Crippen LogP contribution in [0.25, 0.3) is 5.65 Å². The number of imidazole rings is 1. The van der Waals surface area contributed by atoms with Gasteiger partial charge in [0.25, 0.3) is 0 Å². The summed E-state index contributed by atoms with van der Waals surface area (Å²) in [5, 5.41) is 9.73. The Morgan fingerprint density at radius 1 is 1.40 bits per heavy atom. The molecule has 0 spiro atoms. The maximum Gasteiger partial charge on any atom is 0.420 e. The van der Waals surface area contributed by atoms with Crippen LogP contribution in [0.5, 0.6) is 0 Å². The molecule has 0 saturated heterocycles. The van der Waals surface area contributed by atoms with E-state index >= 15 is 0 Å². The van der Waals surface area contributed by atoms with Crippen molar-refractivity contribution in [1.29, 1.82) is 0 Å². The van der Waals surface area contributed by atoms with Gasteiger partial charge < -0.3 is 9.51 Å². The zero-order valence-corrected chi connectivity index (χ0v) is 12.7. The van der Waals surface area contributed by atoms with Gasteiger partial charge in [0.2, 0.25) is 0 Å². The van der Waals surface area contributed by atoms with Crippen molar-refractivity contribution in [2.45, 2.75) is 37.5 Å². The minimum atomic E-state index is -4.42. The Labute approximate surface area is 127 Å². The second-order valence-corrected chi connectivity index (χ2v) is 6.81. The number of rotatable bonds is 1. The summed E-state index contributed by atoms with van der Waals surface area (Å²) >= 11 is 1.86. The van der Waals surface area contributed by atoms with E-state index in [4.69, 9.17) is 0 Å². The van der Waals surface area contributed by atoms with Crippen LogP contribution >= 0.6 is 22.6 Å². The second-order valence-electron chi connectivity index (χ2n) is 5.57. The van der Waals surface area contributed by atoms with Crippen LogP contribution in [0, 0.1) is 3.57 Å². The van der Waals surface area contributed by atoms with Crippen LogP contribution < -0.4 is 0 Å². The minimum absolute atomic E-state index is 0.0312. The van der Waals surface area contributed by atoms with Gasteiger partial charge in [-0.3, -0.25) is 0 Å². The summed E-state index contributed by atoms with van der Waals surface area (Å²) in [4.78, 5) is 4.14. The Morgan fingerprint density at radius 2 is 2.05 bits per heavy atom. The van der Waals surface area contributed by atoms with E-state index in [1.165, 1.54) is 4.40 Å². The Kier molecular flexibility index (Phi) is 3.06. The van der Waals surface area contributed by atoms with Gasteiger partial charge in [0.1, 0.15) is 5.65 Å². The van der Waals surface area contributed by atoms with Crippen molar-refractivity contribution < 1.29 is 18.3 Å². The summed E-state index contributed by atoms with van der Waals surface area (Å²) in [5.41, 5.74) is -0.896. The number of halogens is 4. The molecular weight excluding hydrogens is 384 g/mol. The van der Waals surface area contributed by atoms with Crippen molar-refractivity contribution >= 4 is 28.2 Å². The highest BCUT2D eigenvalue weighted by atomic mass is 127. The molecule has 1 aliphatic carbocycles. The smallest absolute Gasteiger partial charge is 0.390 e. The van der Waals surface area contributed by atoms with Gasteiger partial charge in [-0.25, -0.2) is 4.98 Å². The molecule has 0 aromatic carbocycles. The highest BCUT2D eigenvalue weighted by Crippen LogP contribution is 2.44. The number of aliphatic hydroxyl groups is 1. The van der Waals surface area contributed by atoms with Gasteiger partial charge >= 0.3 is 6.18 Å². The van der Waals surface area contributed by atoms with E-state index in [2.05, 4.69) is 4.98 Å². The van der Waals surface area contributed by atoms with Crippen molar-refractivity contribution in [1.82, 2.24) is 9.38 Å². The molecule has 3 rings (SSSR count).